The van der Waals surface area contributed by atoms with E-state index in [0.29, 0.717) is 29.8 Å². The van der Waals surface area contributed by atoms with Gasteiger partial charge in [0.05, 0.1) is 39.1 Å². The lowest BCUT2D eigenvalue weighted by atomic mass is 10.0. The fourth-order valence-corrected chi connectivity index (χ4v) is 8.00. The number of hydrogen-bond donors (Lipinski definition) is 3. The first-order valence-electron chi connectivity index (χ1n) is 19.1. The van der Waals surface area contributed by atoms with Crippen molar-refractivity contribution in [2.75, 3.05) is 29.5 Å². The number of nitro groups is 1. The molecule has 0 spiro atoms. The summed E-state index contributed by atoms with van der Waals surface area (Å²) in [7, 11) is 0. The van der Waals surface area contributed by atoms with Gasteiger partial charge in [-0.15, -0.1) is 22.7 Å². The molecule has 0 fully saturated rings. The highest BCUT2D eigenvalue weighted by molar-refractivity contribution is 7.15. The normalized spacial score (nSPS) is 11.4. The van der Waals surface area contributed by atoms with Crippen LogP contribution in [0.15, 0.2) is 108 Å². The summed E-state index contributed by atoms with van der Waals surface area (Å²) in [4.78, 5) is 22.4. The van der Waals surface area contributed by atoms with Crippen molar-refractivity contribution in [1.82, 2.24) is 18.8 Å². The molecule has 4 aromatic heterocycles. The van der Waals surface area contributed by atoms with E-state index >= 15 is 0 Å². The molecule has 0 aliphatic carbocycles. The minimum atomic E-state index is -0.376. The molecule has 298 valence electrons. The molecule has 10 nitrogen and oxygen atoms in total. The zero-order chi connectivity index (χ0) is 40.9. The van der Waals surface area contributed by atoms with Crippen LogP contribution in [0.3, 0.4) is 0 Å². The Morgan fingerprint density at radius 1 is 0.672 bits per heavy atom. The number of imidazole rings is 2. The first-order valence-corrected chi connectivity index (χ1v) is 20.8. The average Bonchev–Trinajstić information content (AvgIpc) is 3.99. The van der Waals surface area contributed by atoms with Crippen molar-refractivity contribution >= 4 is 55.3 Å². The van der Waals surface area contributed by atoms with Gasteiger partial charge in [-0.25, -0.2) is 18.7 Å². The molecule has 0 saturated heterocycles. The quantitative estimate of drug-likeness (QED) is 0.0600. The zero-order valence-corrected chi connectivity index (χ0v) is 34.2. The molecule has 8 rings (SSSR count). The number of fused-ring (bicyclic) bond motifs is 2. The number of hydrogen-bond acceptors (Lipinski definition) is 9. The molecule has 0 saturated carbocycles. The third-order valence-corrected chi connectivity index (χ3v) is 11.1. The number of nitrogens with one attached hydrogen (secondary N) is 2. The fraction of sp³-hybridized carbons (Fsp3) is 0.227. The molecule has 8 aromatic rings. The predicted octanol–water partition coefficient (Wildman–Crippen LogP) is 12.1. The summed E-state index contributed by atoms with van der Waals surface area (Å²) >= 11 is 3.07. The number of nitrogens with zero attached hydrogens (tertiary/aromatic N) is 5. The molecule has 0 atom stereocenters. The van der Waals surface area contributed by atoms with Crippen LogP contribution in [-0.2, 0) is 0 Å². The highest BCUT2D eigenvalue weighted by Crippen LogP contribution is 2.39. The van der Waals surface area contributed by atoms with Gasteiger partial charge < -0.3 is 16.4 Å². The third-order valence-electron chi connectivity index (χ3n) is 9.63. The van der Waals surface area contributed by atoms with Gasteiger partial charge in [0.1, 0.15) is 17.3 Å². The molecule has 4 heterocycles. The van der Waals surface area contributed by atoms with Crippen molar-refractivity contribution in [3.8, 4) is 45.0 Å². The van der Waals surface area contributed by atoms with Gasteiger partial charge in [-0.05, 0) is 97.5 Å². The Bertz CT molecular complexity index is 2660. The third kappa shape index (κ3) is 8.88. The van der Waals surface area contributed by atoms with Crippen LogP contribution in [0.1, 0.15) is 40.5 Å². The first-order chi connectivity index (χ1) is 28.0. The van der Waals surface area contributed by atoms with E-state index in [-0.39, 0.29) is 22.2 Å². The van der Waals surface area contributed by atoms with E-state index in [1.54, 1.807) is 47.7 Å². The molecule has 0 radical (unpaired) electrons. The number of anilines is 3. The summed E-state index contributed by atoms with van der Waals surface area (Å²) in [5.74, 6) is 0.552. The molecule has 0 bridgehead atoms. The van der Waals surface area contributed by atoms with Gasteiger partial charge in [-0.3, -0.25) is 18.9 Å². The Morgan fingerprint density at radius 3 is 1.57 bits per heavy atom. The van der Waals surface area contributed by atoms with Crippen LogP contribution in [0.25, 0.3) is 55.0 Å². The second-order valence-electron chi connectivity index (χ2n) is 14.8. The Balaban J connectivity index is 0.000000177. The number of nitrogens with two attached hydrogens (primary N) is 1. The summed E-state index contributed by atoms with van der Waals surface area (Å²) < 4.78 is 30.9. The molecule has 0 amide bonds. The predicted molar refractivity (Wildman–Crippen MR) is 235 cm³/mol. The minimum Gasteiger partial charge on any atom is -0.397 e. The van der Waals surface area contributed by atoms with E-state index in [1.165, 1.54) is 41.7 Å². The van der Waals surface area contributed by atoms with E-state index in [9.17, 15) is 18.9 Å². The second-order valence-corrected chi connectivity index (χ2v) is 16.5. The summed E-state index contributed by atoms with van der Waals surface area (Å²) in [5, 5.41) is 22.1. The van der Waals surface area contributed by atoms with Gasteiger partial charge >= 0.3 is 0 Å². The molecule has 4 aromatic carbocycles. The van der Waals surface area contributed by atoms with Crippen LogP contribution >= 0.6 is 22.7 Å². The number of rotatable bonds is 13. The van der Waals surface area contributed by atoms with Crippen molar-refractivity contribution in [3.63, 3.8) is 0 Å². The Kier molecular flexibility index (Phi) is 12.1. The van der Waals surface area contributed by atoms with Crippen molar-refractivity contribution in [2.45, 2.75) is 40.5 Å². The lowest BCUT2D eigenvalue weighted by Crippen LogP contribution is -2.07. The van der Waals surface area contributed by atoms with Crippen LogP contribution in [-0.4, -0.2) is 36.8 Å². The molecular formula is C44H44F2N8O2S2. The van der Waals surface area contributed by atoms with Gasteiger partial charge in [0.2, 0.25) is 0 Å². The van der Waals surface area contributed by atoms with E-state index in [2.05, 4.69) is 48.8 Å². The standard InChI is InChI=1S/C22H21FN4O2S.C22H23FN4S/c1-14(2)9-10-24-18-13-16(5-8-19(18)27(28)29)21-20(15-3-6-17(23)7-4-15)25-22-26(21)11-12-30-22;1-14(2)9-10-25-19-13-16(5-8-18(19)24)21-20(15-3-6-17(23)7-4-15)26-22-27(21)11-12-28-22/h3-8,11-14,24H,9-10H2,1-2H3;3-8,11-14,25H,9-10,24H2,1-2H3. The van der Waals surface area contributed by atoms with Gasteiger partial charge in [0.25, 0.3) is 5.69 Å². The highest BCUT2D eigenvalue weighted by atomic mass is 32.1. The molecular weight excluding hydrogens is 775 g/mol. The second kappa shape index (κ2) is 17.6. The fourth-order valence-electron chi connectivity index (χ4n) is 6.57. The van der Waals surface area contributed by atoms with Crippen LogP contribution in [0.2, 0.25) is 0 Å². The number of halogens is 2. The number of benzene rings is 4. The lowest BCUT2D eigenvalue weighted by Gasteiger charge is -2.13. The maximum atomic E-state index is 13.4. The van der Waals surface area contributed by atoms with E-state index in [1.807, 2.05) is 39.7 Å². The smallest absolute Gasteiger partial charge is 0.292 e. The lowest BCUT2D eigenvalue weighted by molar-refractivity contribution is -0.383. The van der Waals surface area contributed by atoms with E-state index in [0.717, 1.165) is 80.0 Å². The van der Waals surface area contributed by atoms with Crippen LogP contribution in [0.5, 0.6) is 0 Å². The summed E-state index contributed by atoms with van der Waals surface area (Å²) in [6.07, 6.45) is 5.91. The van der Waals surface area contributed by atoms with Crippen molar-refractivity contribution < 1.29 is 13.7 Å². The number of aromatic nitrogens is 4. The molecule has 0 aliphatic rings. The zero-order valence-electron chi connectivity index (χ0n) is 32.6. The van der Waals surface area contributed by atoms with Crippen LogP contribution in [0.4, 0.5) is 31.5 Å². The van der Waals surface area contributed by atoms with Gasteiger partial charge in [0.15, 0.2) is 9.92 Å². The summed E-state index contributed by atoms with van der Waals surface area (Å²) in [6, 6.07) is 23.7. The first kappa shape index (κ1) is 40.1. The minimum absolute atomic E-state index is 0.0388. The number of thiazole rings is 2. The summed E-state index contributed by atoms with van der Waals surface area (Å²) in [6.45, 7) is 10.2. The maximum Gasteiger partial charge on any atom is 0.292 e. The van der Waals surface area contributed by atoms with Crippen LogP contribution < -0.4 is 16.4 Å². The van der Waals surface area contributed by atoms with Crippen molar-refractivity contribution in [1.29, 1.82) is 0 Å². The number of nitrogen functional groups attached to an aromatic ring is 1. The maximum absolute atomic E-state index is 13.4. The van der Waals surface area contributed by atoms with E-state index in [4.69, 9.17) is 15.7 Å². The molecule has 0 aliphatic heterocycles. The van der Waals surface area contributed by atoms with Gasteiger partial charge in [-0.2, -0.15) is 0 Å². The topological polar surface area (TPSA) is 128 Å². The van der Waals surface area contributed by atoms with Crippen LogP contribution in [0, 0.1) is 33.6 Å². The molecule has 58 heavy (non-hydrogen) atoms. The SMILES string of the molecule is CC(C)CCNc1cc(-c2c(-c3ccc(F)cc3)nc3sccn23)ccc1N.CC(C)CCNc1cc(-c2c(-c3ccc(F)cc3)nc3sccn23)ccc1[N+](=O)[O-]. The molecule has 14 heteroatoms. The Hall–Kier alpha value is -6.12. The highest BCUT2D eigenvalue weighted by Gasteiger charge is 2.22. The van der Waals surface area contributed by atoms with Gasteiger partial charge in [0, 0.05) is 64.6 Å². The average molecular weight is 819 g/mol. The largest absolute Gasteiger partial charge is 0.397 e. The Morgan fingerprint density at radius 2 is 1.10 bits per heavy atom. The molecule has 0 unspecified atom stereocenters. The monoisotopic (exact) mass is 818 g/mol. The van der Waals surface area contributed by atoms with E-state index < -0.39 is 0 Å². The molecule has 4 N–H and O–H groups in total. The summed E-state index contributed by atoms with van der Waals surface area (Å²) in [5.41, 5.74) is 15.2. The number of nitro benzene ring substituents is 1. The van der Waals surface area contributed by atoms with Crippen molar-refractivity contribution in [2.24, 2.45) is 11.8 Å². The Labute approximate surface area is 343 Å². The van der Waals surface area contributed by atoms with Crippen molar-refractivity contribution in [3.05, 3.63) is 130 Å². The van der Waals surface area contributed by atoms with Gasteiger partial charge in [-0.1, -0.05) is 33.8 Å².